The lowest BCUT2D eigenvalue weighted by Crippen LogP contribution is -2.41. The number of pyridine rings is 1. The van der Waals surface area contributed by atoms with Gasteiger partial charge >= 0.3 is 0 Å². The van der Waals surface area contributed by atoms with Crippen LogP contribution >= 0.6 is 0 Å². The van der Waals surface area contributed by atoms with Crippen LogP contribution in [-0.4, -0.2) is 87.2 Å². The minimum Gasteiger partial charge on any atom is -0.362 e. The molecule has 1 saturated heterocycles. The molecule has 0 saturated carbocycles. The Morgan fingerprint density at radius 1 is 1.04 bits per heavy atom. The van der Waals surface area contributed by atoms with Crippen molar-refractivity contribution in [1.29, 1.82) is 0 Å². The summed E-state index contributed by atoms with van der Waals surface area (Å²) in [4.78, 5) is 21.5. The predicted octanol–water partition coefficient (Wildman–Crippen LogP) is 0.591. The average molecular weight is 396 g/mol. The summed E-state index contributed by atoms with van der Waals surface area (Å²) in [7, 11) is 3.40. The fourth-order valence-electron chi connectivity index (χ4n) is 3.65. The third-order valence-electron chi connectivity index (χ3n) is 5.23. The van der Waals surface area contributed by atoms with E-state index < -0.39 is 10.2 Å². The molecule has 0 bridgehead atoms. The topological polar surface area (TPSA) is 77.1 Å². The highest BCUT2D eigenvalue weighted by atomic mass is 32.2. The standard InChI is InChI=1S/C18H29N5O3S/c1-20(2)17-15(18(24)22-9-5-6-10-22)13-14-7-11-23(12-8-16(14)19-17)27(25,26)21(3)4/h13H,5-12H2,1-4H3. The van der Waals surface area contributed by atoms with E-state index in [1.54, 1.807) is 14.1 Å². The Kier molecular flexibility index (Phi) is 5.73. The lowest BCUT2D eigenvalue weighted by atomic mass is 10.0. The highest BCUT2D eigenvalue weighted by Gasteiger charge is 2.29. The summed E-state index contributed by atoms with van der Waals surface area (Å²) in [6.45, 7) is 2.37. The Balaban J connectivity index is 1.93. The molecule has 1 amide bonds. The SMILES string of the molecule is CN(C)c1nc2c(cc1C(=O)N1CCCC1)CCN(S(=O)(=O)N(C)C)CC2. The summed E-state index contributed by atoms with van der Waals surface area (Å²) in [6, 6.07) is 1.93. The van der Waals surface area contributed by atoms with Crippen LogP contribution < -0.4 is 4.90 Å². The van der Waals surface area contributed by atoms with Gasteiger partial charge in [-0.1, -0.05) is 0 Å². The zero-order chi connectivity index (χ0) is 19.8. The van der Waals surface area contributed by atoms with Gasteiger partial charge in [-0.3, -0.25) is 4.79 Å². The van der Waals surface area contributed by atoms with E-state index in [0.717, 1.165) is 37.2 Å². The maximum Gasteiger partial charge on any atom is 0.281 e. The van der Waals surface area contributed by atoms with Gasteiger partial charge in [0, 0.05) is 66.5 Å². The average Bonchev–Trinajstić information content (AvgIpc) is 3.06. The van der Waals surface area contributed by atoms with Crippen molar-refractivity contribution in [3.63, 3.8) is 0 Å². The van der Waals surface area contributed by atoms with Crippen LogP contribution in [0.15, 0.2) is 6.07 Å². The van der Waals surface area contributed by atoms with Crippen molar-refractivity contribution < 1.29 is 13.2 Å². The molecule has 0 N–H and O–H groups in total. The van der Waals surface area contributed by atoms with Gasteiger partial charge in [0.1, 0.15) is 5.82 Å². The van der Waals surface area contributed by atoms with E-state index in [2.05, 4.69) is 0 Å². The third-order valence-corrected chi connectivity index (χ3v) is 7.18. The van der Waals surface area contributed by atoms with Crippen molar-refractivity contribution >= 4 is 21.9 Å². The first-order valence-electron chi connectivity index (χ1n) is 9.39. The van der Waals surface area contributed by atoms with Crippen molar-refractivity contribution in [3.05, 3.63) is 22.9 Å². The van der Waals surface area contributed by atoms with Crippen LogP contribution in [0.5, 0.6) is 0 Å². The summed E-state index contributed by atoms with van der Waals surface area (Å²) in [6.07, 6.45) is 3.18. The molecule has 9 heteroatoms. The maximum absolute atomic E-state index is 13.0. The zero-order valence-electron chi connectivity index (χ0n) is 16.6. The van der Waals surface area contributed by atoms with Crippen LogP contribution in [0.3, 0.4) is 0 Å². The number of nitrogens with zero attached hydrogens (tertiary/aromatic N) is 5. The maximum atomic E-state index is 13.0. The van der Waals surface area contributed by atoms with E-state index in [9.17, 15) is 13.2 Å². The number of carbonyl (C=O) groups excluding carboxylic acids is 1. The fraction of sp³-hybridized carbons (Fsp3) is 0.667. The zero-order valence-corrected chi connectivity index (χ0v) is 17.4. The number of amides is 1. The smallest absolute Gasteiger partial charge is 0.281 e. The van der Waals surface area contributed by atoms with Crippen LogP contribution in [0.25, 0.3) is 0 Å². The Labute approximate surface area is 161 Å². The molecule has 3 rings (SSSR count). The van der Waals surface area contributed by atoms with Gasteiger partial charge in [-0.05, 0) is 30.9 Å². The first-order chi connectivity index (χ1) is 12.7. The number of rotatable bonds is 4. The Bertz CT molecular complexity index is 817. The largest absolute Gasteiger partial charge is 0.362 e. The van der Waals surface area contributed by atoms with Gasteiger partial charge in [-0.2, -0.15) is 17.0 Å². The minimum atomic E-state index is -3.45. The van der Waals surface area contributed by atoms with E-state index in [1.165, 1.54) is 8.61 Å². The number of hydrogen-bond donors (Lipinski definition) is 0. The van der Waals surface area contributed by atoms with E-state index in [1.807, 2.05) is 30.0 Å². The number of carbonyl (C=O) groups is 1. The highest BCUT2D eigenvalue weighted by Crippen LogP contribution is 2.26. The van der Waals surface area contributed by atoms with Gasteiger partial charge in [0.2, 0.25) is 0 Å². The van der Waals surface area contributed by atoms with Gasteiger partial charge in [-0.25, -0.2) is 4.98 Å². The van der Waals surface area contributed by atoms with E-state index >= 15 is 0 Å². The third kappa shape index (κ3) is 3.95. The van der Waals surface area contributed by atoms with Crippen molar-refractivity contribution in [2.75, 3.05) is 59.3 Å². The molecule has 1 fully saturated rings. The normalized spacial score (nSPS) is 18.5. The molecule has 0 aromatic carbocycles. The number of fused-ring (bicyclic) bond motifs is 1. The number of likely N-dealkylation sites (tertiary alicyclic amines) is 1. The number of hydrogen-bond acceptors (Lipinski definition) is 5. The van der Waals surface area contributed by atoms with Gasteiger partial charge in [0.05, 0.1) is 5.56 Å². The van der Waals surface area contributed by atoms with Crippen molar-refractivity contribution in [3.8, 4) is 0 Å². The first kappa shape index (κ1) is 20.0. The second-order valence-corrected chi connectivity index (χ2v) is 9.69. The molecule has 2 aliphatic rings. The predicted molar refractivity (Wildman–Crippen MR) is 105 cm³/mol. The lowest BCUT2D eigenvalue weighted by molar-refractivity contribution is 0.0793. The molecule has 1 aromatic rings. The van der Waals surface area contributed by atoms with Crippen LogP contribution in [0.2, 0.25) is 0 Å². The van der Waals surface area contributed by atoms with E-state index in [0.29, 0.717) is 37.3 Å². The summed E-state index contributed by atoms with van der Waals surface area (Å²) in [5.74, 6) is 0.683. The van der Waals surface area contributed by atoms with E-state index in [-0.39, 0.29) is 5.91 Å². The molecule has 0 unspecified atom stereocenters. The second kappa shape index (κ2) is 7.73. The van der Waals surface area contributed by atoms with Gasteiger partial charge < -0.3 is 9.80 Å². The lowest BCUT2D eigenvalue weighted by Gasteiger charge is -2.23. The molecule has 2 aliphatic heterocycles. The Morgan fingerprint density at radius 3 is 2.26 bits per heavy atom. The minimum absolute atomic E-state index is 0.0218. The summed E-state index contributed by atoms with van der Waals surface area (Å²) < 4.78 is 27.7. The number of aromatic nitrogens is 1. The highest BCUT2D eigenvalue weighted by molar-refractivity contribution is 7.86. The molecule has 8 nitrogen and oxygen atoms in total. The van der Waals surface area contributed by atoms with Crippen LogP contribution in [0, 0.1) is 0 Å². The van der Waals surface area contributed by atoms with Crippen LogP contribution in [-0.2, 0) is 23.1 Å². The van der Waals surface area contributed by atoms with Gasteiger partial charge in [0.15, 0.2) is 0 Å². The number of anilines is 1. The Morgan fingerprint density at radius 2 is 1.67 bits per heavy atom. The first-order valence-corrected chi connectivity index (χ1v) is 10.8. The summed E-state index contributed by atoms with van der Waals surface area (Å²) in [5.41, 5.74) is 2.47. The molecular weight excluding hydrogens is 366 g/mol. The van der Waals surface area contributed by atoms with Crippen molar-refractivity contribution in [1.82, 2.24) is 18.5 Å². The molecule has 150 valence electrons. The molecule has 1 aromatic heterocycles. The molecule has 0 spiro atoms. The molecule has 3 heterocycles. The molecule has 0 aliphatic carbocycles. The monoisotopic (exact) mass is 395 g/mol. The second-order valence-electron chi connectivity index (χ2n) is 7.55. The fourth-order valence-corrected chi connectivity index (χ4v) is 4.76. The van der Waals surface area contributed by atoms with E-state index in [4.69, 9.17) is 4.98 Å². The Hall–Kier alpha value is -1.71. The van der Waals surface area contributed by atoms with Gasteiger partial charge in [-0.15, -0.1) is 0 Å². The van der Waals surface area contributed by atoms with Gasteiger partial charge in [0.25, 0.3) is 16.1 Å². The van der Waals surface area contributed by atoms with Crippen LogP contribution in [0.1, 0.15) is 34.5 Å². The molecule has 27 heavy (non-hydrogen) atoms. The molecule has 0 atom stereocenters. The quantitative estimate of drug-likeness (QED) is 0.746. The summed E-state index contributed by atoms with van der Waals surface area (Å²) in [5, 5.41) is 0. The van der Waals surface area contributed by atoms with Crippen molar-refractivity contribution in [2.24, 2.45) is 0 Å². The van der Waals surface area contributed by atoms with Crippen molar-refractivity contribution in [2.45, 2.75) is 25.7 Å². The molecular formula is C18H29N5O3S. The summed E-state index contributed by atoms with van der Waals surface area (Å²) >= 11 is 0. The molecule has 0 radical (unpaired) electrons. The van der Waals surface area contributed by atoms with Crippen LogP contribution in [0.4, 0.5) is 5.82 Å².